The van der Waals surface area contributed by atoms with Gasteiger partial charge in [-0.25, -0.2) is 0 Å². The van der Waals surface area contributed by atoms with Crippen LogP contribution in [0.1, 0.15) is 71.1 Å². The van der Waals surface area contributed by atoms with E-state index in [1.165, 1.54) is 77.3 Å². The van der Waals surface area contributed by atoms with Gasteiger partial charge in [0, 0.05) is 30.7 Å². The second-order valence-corrected chi connectivity index (χ2v) is 6.89. The molecule has 104 valence electrons. The fourth-order valence-corrected chi connectivity index (χ4v) is 4.72. The van der Waals surface area contributed by atoms with E-state index in [0.717, 1.165) is 12.1 Å². The van der Waals surface area contributed by atoms with Gasteiger partial charge in [-0.2, -0.15) is 0 Å². The van der Waals surface area contributed by atoms with Crippen LogP contribution in [0.25, 0.3) is 0 Å². The minimum Gasteiger partial charge on any atom is -0.311 e. The largest absolute Gasteiger partial charge is 0.311 e. The molecule has 1 saturated heterocycles. The lowest BCUT2D eigenvalue weighted by molar-refractivity contribution is 0.00535. The van der Waals surface area contributed by atoms with Crippen LogP contribution in [0.2, 0.25) is 0 Å². The summed E-state index contributed by atoms with van der Waals surface area (Å²) in [5, 5.41) is 3.86. The number of nitrogens with one attached hydrogen (secondary N) is 1. The van der Waals surface area contributed by atoms with E-state index in [-0.39, 0.29) is 0 Å². The van der Waals surface area contributed by atoms with Crippen LogP contribution in [0, 0.1) is 0 Å². The van der Waals surface area contributed by atoms with Crippen molar-refractivity contribution in [3.63, 3.8) is 0 Å². The zero-order valence-corrected chi connectivity index (χ0v) is 12.1. The molecule has 1 heterocycles. The van der Waals surface area contributed by atoms with Gasteiger partial charge in [-0.05, 0) is 32.1 Å². The van der Waals surface area contributed by atoms with Crippen LogP contribution in [0.5, 0.6) is 0 Å². The van der Waals surface area contributed by atoms with Gasteiger partial charge in [0.15, 0.2) is 0 Å². The van der Waals surface area contributed by atoms with Crippen LogP contribution >= 0.6 is 0 Å². The lowest BCUT2D eigenvalue weighted by Crippen LogP contribution is -2.65. The van der Waals surface area contributed by atoms with Crippen molar-refractivity contribution >= 4 is 0 Å². The van der Waals surface area contributed by atoms with Gasteiger partial charge in [0.1, 0.15) is 0 Å². The second kappa shape index (κ2) is 5.50. The summed E-state index contributed by atoms with van der Waals surface area (Å²) in [4.78, 5) is 2.98. The normalized spacial score (nSPS) is 33.5. The Morgan fingerprint density at radius 2 is 1.83 bits per heavy atom. The third-order valence-electron chi connectivity index (χ3n) is 5.68. The van der Waals surface area contributed by atoms with Crippen molar-refractivity contribution in [3.8, 4) is 0 Å². The predicted molar refractivity (Wildman–Crippen MR) is 76.9 cm³/mol. The Morgan fingerprint density at radius 1 is 1.11 bits per heavy atom. The molecule has 1 N–H and O–H groups in total. The quantitative estimate of drug-likeness (QED) is 0.826. The van der Waals surface area contributed by atoms with Crippen molar-refractivity contribution in [2.75, 3.05) is 13.1 Å². The first-order valence-corrected chi connectivity index (χ1v) is 8.34. The molecular weight excluding hydrogens is 220 g/mol. The van der Waals surface area contributed by atoms with Crippen LogP contribution in [-0.2, 0) is 0 Å². The van der Waals surface area contributed by atoms with Gasteiger partial charge >= 0.3 is 0 Å². The molecule has 1 atom stereocenters. The number of hydrogen-bond donors (Lipinski definition) is 1. The lowest BCUT2D eigenvalue weighted by Gasteiger charge is -2.51. The first-order chi connectivity index (χ1) is 8.84. The second-order valence-electron chi connectivity index (χ2n) is 6.89. The summed E-state index contributed by atoms with van der Waals surface area (Å²) >= 11 is 0. The third kappa shape index (κ3) is 2.34. The molecule has 0 amide bonds. The van der Waals surface area contributed by atoms with E-state index in [2.05, 4.69) is 17.1 Å². The number of nitrogens with zero attached hydrogens (tertiary/aromatic N) is 1. The number of hydrogen-bond acceptors (Lipinski definition) is 2. The Hall–Kier alpha value is -0.0800. The highest BCUT2D eigenvalue weighted by atomic mass is 15.3. The van der Waals surface area contributed by atoms with Gasteiger partial charge in [0.2, 0.25) is 0 Å². The van der Waals surface area contributed by atoms with Crippen molar-refractivity contribution in [1.82, 2.24) is 10.2 Å². The van der Waals surface area contributed by atoms with Crippen LogP contribution in [0.4, 0.5) is 0 Å². The zero-order valence-electron chi connectivity index (χ0n) is 12.1. The Balaban J connectivity index is 1.73. The van der Waals surface area contributed by atoms with Gasteiger partial charge in [0.05, 0.1) is 0 Å². The minimum absolute atomic E-state index is 0.555. The van der Waals surface area contributed by atoms with Gasteiger partial charge in [-0.1, -0.05) is 39.0 Å². The average Bonchev–Trinajstić information content (AvgIpc) is 3.05. The summed E-state index contributed by atoms with van der Waals surface area (Å²) < 4.78 is 0. The highest BCUT2D eigenvalue weighted by Gasteiger charge is 2.46. The fraction of sp³-hybridized carbons (Fsp3) is 1.00. The van der Waals surface area contributed by atoms with E-state index >= 15 is 0 Å². The van der Waals surface area contributed by atoms with Crippen molar-refractivity contribution in [1.29, 1.82) is 0 Å². The molecular formula is C16H30N2. The molecule has 3 aliphatic rings. The van der Waals surface area contributed by atoms with Crippen LogP contribution < -0.4 is 5.32 Å². The predicted octanol–water partition coefficient (Wildman–Crippen LogP) is 3.32. The Labute approximate surface area is 113 Å². The maximum atomic E-state index is 3.86. The molecule has 18 heavy (non-hydrogen) atoms. The molecule has 2 aliphatic carbocycles. The highest BCUT2D eigenvalue weighted by molar-refractivity contribution is 5.04. The molecule has 0 aromatic rings. The van der Waals surface area contributed by atoms with E-state index in [0.29, 0.717) is 5.54 Å². The van der Waals surface area contributed by atoms with Crippen molar-refractivity contribution < 1.29 is 0 Å². The molecule has 0 aromatic heterocycles. The van der Waals surface area contributed by atoms with Gasteiger partial charge in [-0.3, -0.25) is 4.90 Å². The van der Waals surface area contributed by atoms with Crippen LogP contribution in [0.3, 0.4) is 0 Å². The molecule has 1 aliphatic heterocycles. The Bertz CT molecular complexity index is 264. The number of rotatable bonds is 3. The average molecular weight is 250 g/mol. The van der Waals surface area contributed by atoms with Crippen molar-refractivity contribution in [3.05, 3.63) is 0 Å². The number of piperazine rings is 1. The molecule has 3 rings (SSSR count). The first kappa shape index (κ1) is 12.9. The fourth-order valence-electron chi connectivity index (χ4n) is 4.72. The molecule has 1 unspecified atom stereocenters. The monoisotopic (exact) mass is 250 g/mol. The summed E-state index contributed by atoms with van der Waals surface area (Å²) in [6.45, 7) is 4.92. The Kier molecular flexibility index (Phi) is 3.95. The van der Waals surface area contributed by atoms with Gasteiger partial charge < -0.3 is 5.32 Å². The van der Waals surface area contributed by atoms with E-state index in [9.17, 15) is 0 Å². The standard InChI is InChI=1S/C16H30N2/c1-2-7-14-12-18(15-8-3-4-9-15)16(13-17-14)10-5-6-11-16/h14-15,17H,2-13H2,1H3. The maximum absolute atomic E-state index is 3.86. The molecule has 1 spiro atoms. The maximum Gasteiger partial charge on any atom is 0.0337 e. The van der Waals surface area contributed by atoms with E-state index in [4.69, 9.17) is 0 Å². The van der Waals surface area contributed by atoms with Crippen LogP contribution in [-0.4, -0.2) is 35.6 Å². The third-order valence-corrected chi connectivity index (χ3v) is 5.68. The summed E-state index contributed by atoms with van der Waals surface area (Å²) in [7, 11) is 0. The summed E-state index contributed by atoms with van der Waals surface area (Å²) in [5.41, 5.74) is 0.555. The Morgan fingerprint density at radius 3 is 2.50 bits per heavy atom. The lowest BCUT2D eigenvalue weighted by atomic mass is 9.88. The molecule has 3 fully saturated rings. The summed E-state index contributed by atoms with van der Waals surface area (Å²) in [6, 6.07) is 1.69. The molecule has 2 heteroatoms. The molecule has 2 nitrogen and oxygen atoms in total. The molecule has 0 radical (unpaired) electrons. The molecule has 0 aromatic carbocycles. The molecule has 2 saturated carbocycles. The van der Waals surface area contributed by atoms with Crippen molar-refractivity contribution in [2.24, 2.45) is 0 Å². The summed E-state index contributed by atoms with van der Waals surface area (Å²) in [6.07, 6.45) is 14.4. The van der Waals surface area contributed by atoms with E-state index < -0.39 is 0 Å². The van der Waals surface area contributed by atoms with Crippen molar-refractivity contribution in [2.45, 2.75) is 88.8 Å². The molecule has 0 bridgehead atoms. The van der Waals surface area contributed by atoms with Gasteiger partial charge in [0.25, 0.3) is 0 Å². The van der Waals surface area contributed by atoms with Crippen LogP contribution in [0.15, 0.2) is 0 Å². The summed E-state index contributed by atoms with van der Waals surface area (Å²) in [5.74, 6) is 0. The van der Waals surface area contributed by atoms with Gasteiger partial charge in [-0.15, -0.1) is 0 Å². The SMILES string of the molecule is CCCC1CN(C2CCCC2)C2(CCCC2)CN1. The smallest absolute Gasteiger partial charge is 0.0337 e. The minimum atomic E-state index is 0.555. The highest BCUT2D eigenvalue weighted by Crippen LogP contribution is 2.41. The van der Waals surface area contributed by atoms with E-state index in [1.807, 2.05) is 0 Å². The first-order valence-electron chi connectivity index (χ1n) is 8.34. The topological polar surface area (TPSA) is 15.3 Å². The van der Waals surface area contributed by atoms with E-state index in [1.54, 1.807) is 0 Å². The zero-order chi connectivity index (χ0) is 12.4.